The number of nitrogens with two attached hydrogens (primary N) is 1. The van der Waals surface area contributed by atoms with Crippen molar-refractivity contribution in [2.24, 2.45) is 0 Å². The number of carbonyl (C=O) groups excluding carboxylic acids is 1. The summed E-state index contributed by atoms with van der Waals surface area (Å²) in [6.45, 7) is 2.60. The molecule has 138 valence electrons. The lowest BCUT2D eigenvalue weighted by Gasteiger charge is -2.28. The van der Waals surface area contributed by atoms with Gasteiger partial charge in [-0.3, -0.25) is 4.79 Å². The Labute approximate surface area is 155 Å². The second kappa shape index (κ2) is 7.12. The van der Waals surface area contributed by atoms with E-state index in [0.29, 0.717) is 60.3 Å². The fourth-order valence-electron chi connectivity index (χ4n) is 3.03. The van der Waals surface area contributed by atoms with E-state index in [4.69, 9.17) is 20.2 Å². The summed E-state index contributed by atoms with van der Waals surface area (Å²) in [5.41, 5.74) is 8.64. The van der Waals surface area contributed by atoms with Gasteiger partial charge in [0.1, 0.15) is 5.75 Å². The molecule has 2 N–H and O–H groups in total. The van der Waals surface area contributed by atoms with Gasteiger partial charge < -0.3 is 20.1 Å². The number of hydrogen-bond acceptors (Lipinski definition) is 9. The van der Waals surface area contributed by atoms with Crippen molar-refractivity contribution < 1.29 is 14.3 Å². The standard InChI is InChI=1S/C18H18N6O3/c1-26-14-3-2-11(8-12(14)10-25)13-9-20-16-15(21-13)17(23-18(19)22-16)24-4-6-27-7-5-24/h2-3,8-10H,4-7H2,1H3,(H2,19,20,22,23). The summed E-state index contributed by atoms with van der Waals surface area (Å²) in [6, 6.07) is 5.27. The molecule has 0 atom stereocenters. The van der Waals surface area contributed by atoms with Gasteiger partial charge in [0.15, 0.2) is 23.3 Å². The van der Waals surface area contributed by atoms with Crippen molar-refractivity contribution >= 4 is 29.2 Å². The van der Waals surface area contributed by atoms with Gasteiger partial charge in [-0.25, -0.2) is 9.97 Å². The smallest absolute Gasteiger partial charge is 0.224 e. The molecule has 1 aliphatic heterocycles. The van der Waals surface area contributed by atoms with E-state index in [2.05, 4.69) is 19.9 Å². The number of benzene rings is 1. The van der Waals surface area contributed by atoms with Crippen LogP contribution in [0, 0.1) is 0 Å². The zero-order valence-corrected chi connectivity index (χ0v) is 14.8. The molecule has 0 amide bonds. The molecule has 2 aromatic heterocycles. The molecule has 9 nitrogen and oxygen atoms in total. The molecule has 0 aliphatic carbocycles. The molecular weight excluding hydrogens is 348 g/mol. The Morgan fingerprint density at radius 1 is 1.22 bits per heavy atom. The van der Waals surface area contributed by atoms with Gasteiger partial charge in [0, 0.05) is 18.7 Å². The van der Waals surface area contributed by atoms with Crippen LogP contribution in [0.25, 0.3) is 22.4 Å². The zero-order chi connectivity index (χ0) is 18.8. The summed E-state index contributed by atoms with van der Waals surface area (Å²) in [7, 11) is 1.52. The molecular formula is C18H18N6O3. The number of carbonyl (C=O) groups is 1. The molecule has 3 heterocycles. The first-order valence-electron chi connectivity index (χ1n) is 8.46. The Morgan fingerprint density at radius 2 is 2.04 bits per heavy atom. The van der Waals surface area contributed by atoms with Gasteiger partial charge >= 0.3 is 0 Å². The summed E-state index contributed by atoms with van der Waals surface area (Å²) in [6.07, 6.45) is 2.36. The molecule has 0 radical (unpaired) electrons. The van der Waals surface area contributed by atoms with E-state index in [-0.39, 0.29) is 5.95 Å². The normalized spacial score (nSPS) is 14.3. The van der Waals surface area contributed by atoms with Crippen LogP contribution in [0.5, 0.6) is 5.75 Å². The lowest BCUT2D eigenvalue weighted by Crippen LogP contribution is -2.37. The zero-order valence-electron chi connectivity index (χ0n) is 14.8. The van der Waals surface area contributed by atoms with Crippen LogP contribution in [0.1, 0.15) is 10.4 Å². The van der Waals surface area contributed by atoms with Crippen LogP contribution < -0.4 is 15.4 Å². The van der Waals surface area contributed by atoms with Crippen molar-refractivity contribution in [3.05, 3.63) is 30.0 Å². The predicted molar refractivity (Wildman–Crippen MR) is 99.9 cm³/mol. The van der Waals surface area contributed by atoms with Crippen molar-refractivity contribution in [1.29, 1.82) is 0 Å². The minimum absolute atomic E-state index is 0.152. The van der Waals surface area contributed by atoms with E-state index in [1.54, 1.807) is 18.3 Å². The van der Waals surface area contributed by atoms with Gasteiger partial charge in [0.2, 0.25) is 5.95 Å². The second-order valence-corrected chi connectivity index (χ2v) is 6.01. The fraction of sp³-hybridized carbons (Fsp3) is 0.278. The number of ether oxygens (including phenoxy) is 2. The molecule has 0 bridgehead atoms. The van der Waals surface area contributed by atoms with Crippen molar-refractivity contribution in [2.75, 3.05) is 44.0 Å². The summed E-state index contributed by atoms with van der Waals surface area (Å²) in [5, 5.41) is 0. The number of aromatic nitrogens is 4. The Hall–Kier alpha value is -3.33. The number of methoxy groups -OCH3 is 1. The van der Waals surface area contributed by atoms with Crippen LogP contribution in [0.4, 0.5) is 11.8 Å². The Kier molecular flexibility index (Phi) is 4.51. The van der Waals surface area contributed by atoms with Gasteiger partial charge in [0.05, 0.1) is 37.8 Å². The lowest BCUT2D eigenvalue weighted by atomic mass is 10.1. The molecule has 1 fully saturated rings. The predicted octanol–water partition coefficient (Wildman–Crippen LogP) is 1.33. The summed E-state index contributed by atoms with van der Waals surface area (Å²) in [5.74, 6) is 1.30. The maximum atomic E-state index is 11.3. The molecule has 4 rings (SSSR count). The Morgan fingerprint density at radius 3 is 2.78 bits per heavy atom. The summed E-state index contributed by atoms with van der Waals surface area (Å²) in [4.78, 5) is 31.1. The third-order valence-electron chi connectivity index (χ3n) is 4.37. The number of nitrogen functional groups attached to an aromatic ring is 1. The van der Waals surface area contributed by atoms with Crippen LogP contribution in [0.15, 0.2) is 24.4 Å². The summed E-state index contributed by atoms with van der Waals surface area (Å²) < 4.78 is 10.6. The van der Waals surface area contributed by atoms with E-state index in [9.17, 15) is 4.79 Å². The minimum Gasteiger partial charge on any atom is -0.496 e. The number of morpholine rings is 1. The van der Waals surface area contributed by atoms with Crippen molar-refractivity contribution in [3.63, 3.8) is 0 Å². The van der Waals surface area contributed by atoms with Crippen LogP contribution in [0.2, 0.25) is 0 Å². The Bertz CT molecular complexity index is 1000. The topological polar surface area (TPSA) is 116 Å². The van der Waals surface area contributed by atoms with Gasteiger partial charge in [-0.2, -0.15) is 9.97 Å². The van der Waals surface area contributed by atoms with Crippen LogP contribution in [0.3, 0.4) is 0 Å². The molecule has 1 saturated heterocycles. The van der Waals surface area contributed by atoms with Crippen LogP contribution >= 0.6 is 0 Å². The average molecular weight is 366 g/mol. The maximum absolute atomic E-state index is 11.3. The highest BCUT2D eigenvalue weighted by Gasteiger charge is 2.19. The first kappa shape index (κ1) is 17.1. The first-order chi connectivity index (χ1) is 13.2. The first-order valence-corrected chi connectivity index (χ1v) is 8.46. The van der Waals surface area contributed by atoms with Gasteiger partial charge in [-0.15, -0.1) is 0 Å². The Balaban J connectivity index is 1.84. The van der Waals surface area contributed by atoms with E-state index >= 15 is 0 Å². The molecule has 1 aromatic carbocycles. The van der Waals surface area contributed by atoms with Crippen molar-refractivity contribution in [2.45, 2.75) is 0 Å². The summed E-state index contributed by atoms with van der Waals surface area (Å²) >= 11 is 0. The lowest BCUT2D eigenvalue weighted by molar-refractivity contribution is 0.112. The monoisotopic (exact) mass is 366 g/mol. The SMILES string of the molecule is COc1ccc(-c2cnc3nc(N)nc(N4CCOCC4)c3n2)cc1C=O. The maximum Gasteiger partial charge on any atom is 0.224 e. The fourth-order valence-corrected chi connectivity index (χ4v) is 3.03. The van der Waals surface area contributed by atoms with Gasteiger partial charge in [0.25, 0.3) is 0 Å². The van der Waals surface area contributed by atoms with E-state index in [1.807, 2.05) is 6.07 Å². The van der Waals surface area contributed by atoms with Gasteiger partial charge in [-0.1, -0.05) is 0 Å². The van der Waals surface area contributed by atoms with Gasteiger partial charge in [-0.05, 0) is 18.2 Å². The van der Waals surface area contributed by atoms with Crippen LogP contribution in [-0.2, 0) is 4.74 Å². The largest absolute Gasteiger partial charge is 0.496 e. The van der Waals surface area contributed by atoms with Crippen LogP contribution in [-0.4, -0.2) is 59.6 Å². The number of rotatable bonds is 4. The van der Waals surface area contributed by atoms with E-state index < -0.39 is 0 Å². The number of fused-ring (bicyclic) bond motifs is 1. The van der Waals surface area contributed by atoms with E-state index in [1.165, 1.54) is 7.11 Å². The minimum atomic E-state index is 0.152. The number of nitrogens with zero attached hydrogens (tertiary/aromatic N) is 5. The molecule has 0 unspecified atom stereocenters. The highest BCUT2D eigenvalue weighted by molar-refractivity contribution is 5.87. The molecule has 0 spiro atoms. The highest BCUT2D eigenvalue weighted by atomic mass is 16.5. The average Bonchev–Trinajstić information content (AvgIpc) is 2.73. The molecule has 0 saturated carbocycles. The third kappa shape index (κ3) is 3.24. The molecule has 27 heavy (non-hydrogen) atoms. The second-order valence-electron chi connectivity index (χ2n) is 6.01. The van der Waals surface area contributed by atoms with Crippen molar-refractivity contribution in [1.82, 2.24) is 19.9 Å². The van der Waals surface area contributed by atoms with Crippen molar-refractivity contribution in [3.8, 4) is 17.0 Å². The molecule has 9 heteroatoms. The van der Waals surface area contributed by atoms with E-state index in [0.717, 1.165) is 11.8 Å². The number of aldehydes is 1. The third-order valence-corrected chi connectivity index (χ3v) is 4.37. The quantitative estimate of drug-likeness (QED) is 0.682. The molecule has 1 aliphatic rings. The number of anilines is 2. The molecule has 3 aromatic rings. The number of hydrogen-bond donors (Lipinski definition) is 1. The highest BCUT2D eigenvalue weighted by Crippen LogP contribution is 2.28.